The molecule has 7 heteroatoms. The number of carbonyl (C=O) groups is 2. The lowest BCUT2D eigenvalue weighted by Crippen LogP contribution is -2.50. The van der Waals surface area contributed by atoms with Crippen LogP contribution in [0.2, 0.25) is 0 Å². The Bertz CT molecular complexity index is 1190. The molecule has 0 radical (unpaired) electrons. The maximum atomic E-state index is 13.9. The van der Waals surface area contributed by atoms with E-state index in [9.17, 15) is 9.59 Å². The van der Waals surface area contributed by atoms with Crippen molar-refractivity contribution in [2.75, 3.05) is 4.90 Å². The second kappa shape index (κ2) is 7.72. The molecule has 1 atom stereocenters. The molecule has 0 unspecified atom stereocenters. The quantitative estimate of drug-likeness (QED) is 0.260. The maximum absolute atomic E-state index is 13.9. The molecule has 4 rings (SSSR count). The first-order valence-corrected chi connectivity index (χ1v) is 12.1. The van der Waals surface area contributed by atoms with Crippen LogP contribution in [0.3, 0.4) is 0 Å². The van der Waals surface area contributed by atoms with Crippen LogP contribution in [-0.4, -0.2) is 11.9 Å². The molecule has 4 nitrogen and oxygen atoms in total. The van der Waals surface area contributed by atoms with Gasteiger partial charge in [-0.05, 0) is 32.9 Å². The zero-order chi connectivity index (χ0) is 21.6. The summed E-state index contributed by atoms with van der Waals surface area (Å²) in [6.07, 6.45) is -1.02. The van der Waals surface area contributed by atoms with Gasteiger partial charge in [0, 0.05) is 23.6 Å². The number of carbonyl (C=O) groups excluding carboxylic acids is 2. The largest absolute Gasteiger partial charge is 0.447 e. The van der Waals surface area contributed by atoms with Crippen molar-refractivity contribution in [3.05, 3.63) is 68.4 Å². The van der Waals surface area contributed by atoms with Gasteiger partial charge in [-0.25, -0.2) is 0 Å². The number of fused-ring (bicyclic) bond motifs is 3. The van der Waals surface area contributed by atoms with Crippen LogP contribution in [0.15, 0.2) is 48.5 Å². The molecular weight excluding hydrogens is 434 g/mol. The van der Waals surface area contributed by atoms with Crippen LogP contribution in [0.4, 0.5) is 5.69 Å². The van der Waals surface area contributed by atoms with Crippen molar-refractivity contribution in [2.45, 2.75) is 39.3 Å². The summed E-state index contributed by atoms with van der Waals surface area (Å²) >= 11 is 5.64. The molecule has 30 heavy (non-hydrogen) atoms. The number of ether oxygens (including phenoxy) is 1. The van der Waals surface area contributed by atoms with E-state index in [1.54, 1.807) is 37.7 Å². The summed E-state index contributed by atoms with van der Waals surface area (Å²) in [6.45, 7) is 7.38. The SMILES string of the molecule is CC(=O)O[C@@H](C(=O)N1c2ccc(C)cc2-c2c(ssc2=S)C1(C)C)c1ccccc1. The summed E-state index contributed by atoms with van der Waals surface area (Å²) in [5, 5.41) is 0. The number of rotatable bonds is 3. The summed E-state index contributed by atoms with van der Waals surface area (Å²) in [7, 11) is 3.16. The molecule has 2 aromatic carbocycles. The topological polar surface area (TPSA) is 46.6 Å². The van der Waals surface area contributed by atoms with Crippen LogP contribution in [0.1, 0.15) is 42.9 Å². The van der Waals surface area contributed by atoms with Gasteiger partial charge in [-0.3, -0.25) is 14.5 Å². The Morgan fingerprint density at radius 2 is 1.80 bits per heavy atom. The van der Waals surface area contributed by atoms with Crippen molar-refractivity contribution in [2.24, 2.45) is 0 Å². The summed E-state index contributed by atoms with van der Waals surface area (Å²) < 4.78 is 6.37. The van der Waals surface area contributed by atoms with Gasteiger partial charge in [-0.2, -0.15) is 0 Å². The highest BCUT2D eigenvalue weighted by Gasteiger charge is 2.45. The molecule has 3 aromatic rings. The van der Waals surface area contributed by atoms with Gasteiger partial charge < -0.3 is 4.74 Å². The van der Waals surface area contributed by atoms with Gasteiger partial charge in [-0.1, -0.05) is 74.9 Å². The molecule has 0 fully saturated rings. The number of aryl methyl sites for hydroxylation is 1. The van der Waals surface area contributed by atoms with Gasteiger partial charge in [0.15, 0.2) is 0 Å². The summed E-state index contributed by atoms with van der Waals surface area (Å²) in [6, 6.07) is 15.2. The van der Waals surface area contributed by atoms with Gasteiger partial charge in [0.25, 0.3) is 5.91 Å². The number of esters is 1. The number of anilines is 1. The van der Waals surface area contributed by atoms with Crippen molar-refractivity contribution in [3.8, 4) is 11.1 Å². The highest BCUT2D eigenvalue weighted by atomic mass is 32.9. The lowest BCUT2D eigenvalue weighted by atomic mass is 9.86. The average Bonchev–Trinajstić information content (AvgIpc) is 3.10. The second-order valence-corrected chi connectivity index (χ2v) is 10.6. The first-order valence-electron chi connectivity index (χ1n) is 9.52. The van der Waals surface area contributed by atoms with E-state index in [2.05, 4.69) is 6.07 Å². The van der Waals surface area contributed by atoms with Crippen molar-refractivity contribution in [3.63, 3.8) is 0 Å². The molecule has 0 saturated carbocycles. The van der Waals surface area contributed by atoms with Crippen LogP contribution in [0, 0.1) is 10.7 Å². The number of amides is 1. The summed E-state index contributed by atoms with van der Waals surface area (Å²) in [4.78, 5) is 28.6. The van der Waals surface area contributed by atoms with Crippen LogP contribution in [-0.2, 0) is 19.9 Å². The van der Waals surface area contributed by atoms with E-state index in [0.29, 0.717) is 5.56 Å². The fourth-order valence-electron chi connectivity index (χ4n) is 3.91. The lowest BCUT2D eigenvalue weighted by molar-refractivity contribution is -0.153. The average molecular weight is 456 g/mol. The summed E-state index contributed by atoms with van der Waals surface area (Å²) in [5.74, 6) is -0.774. The Kier molecular flexibility index (Phi) is 5.38. The Morgan fingerprint density at radius 3 is 2.47 bits per heavy atom. The van der Waals surface area contributed by atoms with Gasteiger partial charge >= 0.3 is 5.97 Å². The van der Waals surface area contributed by atoms with Crippen LogP contribution in [0.5, 0.6) is 0 Å². The molecule has 2 heterocycles. The van der Waals surface area contributed by atoms with Gasteiger partial charge in [0.1, 0.15) is 3.82 Å². The lowest BCUT2D eigenvalue weighted by Gasteiger charge is -2.44. The molecule has 0 aliphatic carbocycles. The van der Waals surface area contributed by atoms with Crippen molar-refractivity contribution in [1.82, 2.24) is 0 Å². The van der Waals surface area contributed by atoms with Crippen molar-refractivity contribution in [1.29, 1.82) is 0 Å². The fraction of sp³-hybridized carbons (Fsp3) is 0.261. The van der Waals surface area contributed by atoms with Gasteiger partial charge in [-0.15, -0.1) is 0 Å². The van der Waals surface area contributed by atoms with Gasteiger partial charge in [0.2, 0.25) is 6.10 Å². The Hall–Kier alpha value is -2.35. The third kappa shape index (κ3) is 3.41. The molecule has 0 bridgehead atoms. The van der Waals surface area contributed by atoms with E-state index in [4.69, 9.17) is 17.0 Å². The fourth-order valence-corrected chi connectivity index (χ4v) is 7.19. The van der Waals surface area contributed by atoms with Crippen molar-refractivity contribution >= 4 is 50.5 Å². The Morgan fingerprint density at radius 1 is 1.10 bits per heavy atom. The number of hydrogen-bond acceptors (Lipinski definition) is 6. The van der Waals surface area contributed by atoms with Gasteiger partial charge in [0.05, 0.1) is 16.1 Å². The van der Waals surface area contributed by atoms with Crippen LogP contribution < -0.4 is 4.90 Å². The first kappa shape index (κ1) is 20.9. The Balaban J connectivity index is 1.92. The first-order chi connectivity index (χ1) is 14.2. The second-order valence-electron chi connectivity index (χ2n) is 7.81. The molecule has 0 N–H and O–H groups in total. The van der Waals surface area contributed by atoms with Crippen LogP contribution in [0.25, 0.3) is 11.1 Å². The van der Waals surface area contributed by atoms with E-state index >= 15 is 0 Å². The molecular formula is C23H21NO3S3. The molecule has 0 spiro atoms. The third-order valence-electron chi connectivity index (χ3n) is 5.24. The van der Waals surface area contributed by atoms with E-state index in [0.717, 1.165) is 31.1 Å². The zero-order valence-corrected chi connectivity index (χ0v) is 19.5. The van der Waals surface area contributed by atoms with E-state index in [1.165, 1.54) is 6.92 Å². The minimum Gasteiger partial charge on any atom is -0.447 e. The molecule has 1 aliphatic rings. The predicted molar refractivity (Wildman–Crippen MR) is 125 cm³/mol. The van der Waals surface area contributed by atoms with E-state index in [-0.39, 0.29) is 5.91 Å². The minimum atomic E-state index is -1.02. The molecule has 154 valence electrons. The predicted octanol–water partition coefficient (Wildman–Crippen LogP) is 6.40. The molecule has 1 aliphatic heterocycles. The molecule has 1 aromatic heterocycles. The number of hydrogen-bond donors (Lipinski definition) is 0. The molecule has 1 amide bonds. The zero-order valence-electron chi connectivity index (χ0n) is 17.1. The normalized spacial score (nSPS) is 15.1. The van der Waals surface area contributed by atoms with Crippen molar-refractivity contribution < 1.29 is 14.3 Å². The smallest absolute Gasteiger partial charge is 0.303 e. The minimum absolute atomic E-state index is 0.276. The summed E-state index contributed by atoms with van der Waals surface area (Å²) in [5.41, 5.74) is 3.88. The van der Waals surface area contributed by atoms with E-state index in [1.807, 2.05) is 51.1 Å². The third-order valence-corrected chi connectivity index (χ3v) is 8.57. The monoisotopic (exact) mass is 455 g/mol. The highest BCUT2D eigenvalue weighted by Crippen LogP contribution is 2.53. The highest BCUT2D eigenvalue weighted by molar-refractivity contribution is 7.80. The maximum Gasteiger partial charge on any atom is 0.303 e. The number of benzene rings is 2. The number of nitrogens with zero attached hydrogens (tertiary/aromatic N) is 1. The van der Waals surface area contributed by atoms with E-state index < -0.39 is 17.6 Å². The van der Waals surface area contributed by atoms with Crippen LogP contribution >= 0.6 is 32.9 Å². The molecule has 0 saturated heterocycles. The standard InChI is InChI=1S/C23H21NO3S3/c1-13-10-11-17-16(12-13)18-20(29-30-22(18)28)23(3,4)24(17)21(26)19(27-14(2)25)15-8-6-5-7-9-15/h5-12,19H,1-4H3/t19-/m1/s1. The Labute approximate surface area is 188 Å².